The van der Waals surface area contributed by atoms with Crippen LogP contribution in [0.15, 0.2) is 36.5 Å². The van der Waals surface area contributed by atoms with Gasteiger partial charge >= 0.3 is 0 Å². The Labute approximate surface area is 117 Å². The summed E-state index contributed by atoms with van der Waals surface area (Å²) < 4.78 is 1.63. The predicted molar refractivity (Wildman–Crippen MR) is 74.2 cm³/mol. The van der Waals surface area contributed by atoms with Gasteiger partial charge in [0.15, 0.2) is 5.69 Å². The zero-order chi connectivity index (χ0) is 14.4. The van der Waals surface area contributed by atoms with Crippen molar-refractivity contribution in [3.8, 4) is 0 Å². The highest BCUT2D eigenvalue weighted by atomic mass is 16.3. The van der Waals surface area contributed by atoms with Crippen LogP contribution < -0.4 is 5.32 Å². The molecule has 1 aromatic carbocycles. The number of amides is 1. The van der Waals surface area contributed by atoms with E-state index in [1.165, 1.54) is 0 Å². The molecule has 1 heterocycles. The Morgan fingerprint density at radius 3 is 2.85 bits per heavy atom. The van der Waals surface area contributed by atoms with Crippen LogP contribution in [-0.4, -0.2) is 38.7 Å². The molecule has 0 aliphatic carbocycles. The Hall–Kier alpha value is -2.21. The second-order valence-electron chi connectivity index (χ2n) is 4.67. The van der Waals surface area contributed by atoms with E-state index in [-0.39, 0.29) is 24.2 Å². The van der Waals surface area contributed by atoms with E-state index in [9.17, 15) is 4.79 Å². The molecule has 2 aromatic rings. The summed E-state index contributed by atoms with van der Waals surface area (Å²) >= 11 is 0. The maximum Gasteiger partial charge on any atom is 0.273 e. The van der Waals surface area contributed by atoms with Crippen molar-refractivity contribution in [2.24, 2.45) is 0 Å². The van der Waals surface area contributed by atoms with Gasteiger partial charge in [-0.3, -0.25) is 4.79 Å². The lowest BCUT2D eigenvalue weighted by Crippen LogP contribution is -2.33. The Bertz CT molecular complexity index is 553. The van der Waals surface area contributed by atoms with E-state index in [2.05, 4.69) is 15.6 Å². The van der Waals surface area contributed by atoms with Crippen molar-refractivity contribution in [3.05, 3.63) is 47.8 Å². The highest BCUT2D eigenvalue weighted by molar-refractivity contribution is 5.92. The zero-order valence-electron chi connectivity index (χ0n) is 11.4. The number of rotatable bonds is 6. The summed E-state index contributed by atoms with van der Waals surface area (Å²) in [4.78, 5) is 11.9. The molecule has 0 spiro atoms. The Morgan fingerprint density at radius 2 is 2.15 bits per heavy atom. The molecule has 0 radical (unpaired) electrons. The second-order valence-corrected chi connectivity index (χ2v) is 4.67. The third-order valence-electron chi connectivity index (χ3n) is 2.90. The van der Waals surface area contributed by atoms with Crippen LogP contribution in [0.25, 0.3) is 0 Å². The molecule has 20 heavy (non-hydrogen) atoms. The average molecular weight is 274 g/mol. The lowest BCUT2D eigenvalue weighted by atomic mass is 10.2. The van der Waals surface area contributed by atoms with Gasteiger partial charge in [0.25, 0.3) is 5.91 Å². The molecule has 2 rings (SSSR count). The first-order chi connectivity index (χ1) is 9.69. The number of aliphatic hydroxyl groups excluding tert-OH is 1. The number of hydrogen-bond donors (Lipinski definition) is 2. The van der Waals surface area contributed by atoms with Crippen molar-refractivity contribution in [2.45, 2.75) is 25.9 Å². The molecule has 6 nitrogen and oxygen atoms in total. The van der Waals surface area contributed by atoms with Gasteiger partial charge < -0.3 is 10.4 Å². The first kappa shape index (κ1) is 14.2. The fourth-order valence-corrected chi connectivity index (χ4v) is 1.81. The van der Waals surface area contributed by atoms with E-state index in [1.54, 1.807) is 10.9 Å². The van der Waals surface area contributed by atoms with Crippen LogP contribution in [0.3, 0.4) is 0 Å². The van der Waals surface area contributed by atoms with E-state index >= 15 is 0 Å². The maximum absolute atomic E-state index is 11.9. The van der Waals surface area contributed by atoms with E-state index in [1.807, 2.05) is 37.3 Å². The smallest absolute Gasteiger partial charge is 0.273 e. The second kappa shape index (κ2) is 6.81. The van der Waals surface area contributed by atoms with Crippen LogP contribution in [0.2, 0.25) is 0 Å². The molecule has 6 heteroatoms. The molecule has 1 amide bonds. The molecule has 0 saturated heterocycles. The standard InChI is InChI=1S/C14H18N4O2/c1-11(7-8-19)15-14(20)13-10-18(17-16-13)9-12-5-3-2-4-6-12/h2-6,10-11,19H,7-9H2,1H3,(H,15,20). The summed E-state index contributed by atoms with van der Waals surface area (Å²) in [7, 11) is 0. The third kappa shape index (κ3) is 3.89. The molecule has 2 N–H and O–H groups in total. The summed E-state index contributed by atoms with van der Waals surface area (Å²) in [5.41, 5.74) is 1.38. The number of hydrogen-bond acceptors (Lipinski definition) is 4. The molecule has 0 bridgehead atoms. The van der Waals surface area contributed by atoms with Gasteiger partial charge in [0, 0.05) is 12.6 Å². The van der Waals surface area contributed by atoms with E-state index in [0.29, 0.717) is 13.0 Å². The van der Waals surface area contributed by atoms with Gasteiger partial charge in [0.2, 0.25) is 0 Å². The number of carbonyl (C=O) groups excluding carboxylic acids is 1. The van der Waals surface area contributed by atoms with Crippen LogP contribution in [0, 0.1) is 0 Å². The summed E-state index contributed by atoms with van der Waals surface area (Å²) in [5, 5.41) is 19.4. The normalized spacial score (nSPS) is 12.1. The third-order valence-corrected chi connectivity index (χ3v) is 2.90. The summed E-state index contributed by atoms with van der Waals surface area (Å²) in [6.45, 7) is 2.46. The lowest BCUT2D eigenvalue weighted by Gasteiger charge is -2.10. The van der Waals surface area contributed by atoms with Crippen LogP contribution in [0.5, 0.6) is 0 Å². The van der Waals surface area contributed by atoms with Gasteiger partial charge in [-0.25, -0.2) is 4.68 Å². The summed E-state index contributed by atoms with van der Waals surface area (Å²) in [6.07, 6.45) is 2.14. The number of benzene rings is 1. The maximum atomic E-state index is 11.9. The van der Waals surface area contributed by atoms with Crippen LogP contribution in [0.1, 0.15) is 29.4 Å². The number of nitrogens with zero attached hydrogens (tertiary/aromatic N) is 3. The topological polar surface area (TPSA) is 80.0 Å². The predicted octanol–water partition coefficient (Wildman–Crippen LogP) is 0.827. The van der Waals surface area contributed by atoms with Gasteiger partial charge in [-0.2, -0.15) is 0 Å². The lowest BCUT2D eigenvalue weighted by molar-refractivity contribution is 0.0929. The van der Waals surface area contributed by atoms with Crippen molar-refractivity contribution >= 4 is 5.91 Å². The van der Waals surface area contributed by atoms with Gasteiger partial charge in [-0.15, -0.1) is 5.10 Å². The molecule has 0 aliphatic heterocycles. The first-order valence-electron chi connectivity index (χ1n) is 6.55. The van der Waals surface area contributed by atoms with Crippen molar-refractivity contribution < 1.29 is 9.90 Å². The SMILES string of the molecule is CC(CCO)NC(=O)c1cn(Cc2ccccc2)nn1. The van der Waals surface area contributed by atoms with Crippen LogP contribution >= 0.6 is 0 Å². The van der Waals surface area contributed by atoms with Crippen molar-refractivity contribution in [1.82, 2.24) is 20.3 Å². The van der Waals surface area contributed by atoms with Gasteiger partial charge in [0.05, 0.1) is 12.7 Å². The molecule has 1 atom stereocenters. The minimum Gasteiger partial charge on any atom is -0.396 e. The Morgan fingerprint density at radius 1 is 1.40 bits per heavy atom. The molecular weight excluding hydrogens is 256 g/mol. The van der Waals surface area contributed by atoms with Gasteiger partial charge in [0.1, 0.15) is 0 Å². The van der Waals surface area contributed by atoms with Crippen molar-refractivity contribution in [3.63, 3.8) is 0 Å². The molecule has 1 aromatic heterocycles. The quantitative estimate of drug-likeness (QED) is 0.817. The molecular formula is C14H18N4O2. The van der Waals surface area contributed by atoms with Crippen molar-refractivity contribution in [1.29, 1.82) is 0 Å². The van der Waals surface area contributed by atoms with Crippen molar-refractivity contribution in [2.75, 3.05) is 6.61 Å². The number of aliphatic hydroxyl groups is 1. The molecule has 1 unspecified atom stereocenters. The highest BCUT2D eigenvalue weighted by Crippen LogP contribution is 2.02. The Kier molecular flexibility index (Phi) is 4.84. The number of aromatic nitrogens is 3. The summed E-state index contributed by atoms with van der Waals surface area (Å²) in [6, 6.07) is 9.75. The zero-order valence-corrected chi connectivity index (χ0v) is 11.4. The average Bonchev–Trinajstić information content (AvgIpc) is 2.89. The molecule has 0 aliphatic rings. The van der Waals surface area contributed by atoms with E-state index < -0.39 is 0 Å². The Balaban J connectivity index is 1.96. The van der Waals surface area contributed by atoms with E-state index in [4.69, 9.17) is 5.11 Å². The van der Waals surface area contributed by atoms with Gasteiger partial charge in [-0.05, 0) is 18.9 Å². The number of carbonyl (C=O) groups is 1. The van der Waals surface area contributed by atoms with Gasteiger partial charge in [-0.1, -0.05) is 35.5 Å². The minimum absolute atomic E-state index is 0.0438. The molecule has 106 valence electrons. The van der Waals surface area contributed by atoms with Crippen LogP contribution in [-0.2, 0) is 6.54 Å². The first-order valence-corrected chi connectivity index (χ1v) is 6.55. The fourth-order valence-electron chi connectivity index (χ4n) is 1.81. The molecule has 0 fully saturated rings. The number of nitrogens with one attached hydrogen (secondary N) is 1. The molecule has 0 saturated carbocycles. The van der Waals surface area contributed by atoms with E-state index in [0.717, 1.165) is 5.56 Å². The fraction of sp³-hybridized carbons (Fsp3) is 0.357. The summed E-state index contributed by atoms with van der Waals surface area (Å²) in [5.74, 6) is -0.273. The van der Waals surface area contributed by atoms with Crippen LogP contribution in [0.4, 0.5) is 0 Å². The monoisotopic (exact) mass is 274 g/mol. The highest BCUT2D eigenvalue weighted by Gasteiger charge is 2.13. The minimum atomic E-state index is -0.273. The largest absolute Gasteiger partial charge is 0.396 e.